The van der Waals surface area contributed by atoms with Crippen LogP contribution in [0.15, 0.2) is 54.6 Å². The summed E-state index contributed by atoms with van der Waals surface area (Å²) in [5.74, 6) is -0.283. The maximum Gasteiger partial charge on any atom is 0.407 e. The molecule has 6 nitrogen and oxygen atoms in total. The SMILES string of the molecule is CC(C)(C)OC(=O)NCc1cccc(-c2ccc(C=CC3SC(=O)NC3=O)cc2)c1. The van der Waals surface area contributed by atoms with Crippen LogP contribution >= 0.6 is 11.8 Å². The topological polar surface area (TPSA) is 84.5 Å². The van der Waals surface area contributed by atoms with Crippen molar-refractivity contribution in [3.8, 4) is 11.1 Å². The third-order valence-corrected chi connectivity index (χ3v) is 5.13. The molecule has 156 valence electrons. The number of rotatable bonds is 5. The Bertz CT molecular complexity index is 977. The molecule has 30 heavy (non-hydrogen) atoms. The summed E-state index contributed by atoms with van der Waals surface area (Å²) in [7, 11) is 0. The van der Waals surface area contributed by atoms with Gasteiger partial charge < -0.3 is 10.1 Å². The number of hydrogen-bond donors (Lipinski definition) is 2. The van der Waals surface area contributed by atoms with Gasteiger partial charge in [-0.1, -0.05) is 54.6 Å². The highest BCUT2D eigenvalue weighted by molar-refractivity contribution is 8.15. The van der Waals surface area contributed by atoms with Crippen molar-refractivity contribution in [3.05, 3.63) is 65.7 Å². The molecular weight excluding hydrogens is 400 g/mol. The predicted octanol–water partition coefficient (Wildman–Crippen LogP) is 4.74. The standard InChI is InChI=1S/C23H24N2O4S/c1-23(2,3)29-21(27)24-14-16-5-4-6-18(13-16)17-10-7-15(8-11-17)9-12-19-20(26)25-22(28)30-19/h4-13,19H,14H2,1-3H3,(H,24,27)(H,25,26,28). The lowest BCUT2D eigenvalue weighted by atomic mass is 10.0. The number of hydrogen-bond acceptors (Lipinski definition) is 5. The Labute approximate surface area is 180 Å². The van der Waals surface area contributed by atoms with Gasteiger partial charge in [-0.05, 0) is 60.9 Å². The third-order valence-electron chi connectivity index (χ3n) is 4.19. The minimum atomic E-state index is -0.530. The maximum atomic E-state index is 11.8. The molecule has 1 atom stereocenters. The van der Waals surface area contributed by atoms with Crippen molar-refractivity contribution in [2.24, 2.45) is 0 Å². The van der Waals surface area contributed by atoms with Crippen LogP contribution in [0.2, 0.25) is 0 Å². The third kappa shape index (κ3) is 6.22. The van der Waals surface area contributed by atoms with Crippen LogP contribution in [-0.4, -0.2) is 28.1 Å². The van der Waals surface area contributed by atoms with Crippen LogP contribution in [-0.2, 0) is 16.1 Å². The van der Waals surface area contributed by atoms with Gasteiger partial charge in [0, 0.05) is 6.54 Å². The van der Waals surface area contributed by atoms with Gasteiger partial charge in [0.1, 0.15) is 10.9 Å². The molecule has 0 spiro atoms. The summed E-state index contributed by atoms with van der Waals surface area (Å²) in [6.07, 6.45) is 3.11. The average molecular weight is 425 g/mol. The number of carbonyl (C=O) groups is 3. The van der Waals surface area contributed by atoms with Crippen molar-refractivity contribution in [2.75, 3.05) is 0 Å². The molecule has 0 bridgehead atoms. The van der Waals surface area contributed by atoms with E-state index in [1.54, 1.807) is 6.08 Å². The summed E-state index contributed by atoms with van der Waals surface area (Å²) in [5, 5.41) is 4.24. The van der Waals surface area contributed by atoms with Crippen molar-refractivity contribution in [3.63, 3.8) is 0 Å². The Morgan fingerprint density at radius 3 is 2.50 bits per heavy atom. The van der Waals surface area contributed by atoms with Crippen LogP contribution in [0.5, 0.6) is 0 Å². The van der Waals surface area contributed by atoms with Crippen molar-refractivity contribution < 1.29 is 19.1 Å². The molecule has 1 heterocycles. The van der Waals surface area contributed by atoms with Gasteiger partial charge in [0.15, 0.2) is 0 Å². The molecule has 1 fully saturated rings. The van der Waals surface area contributed by atoms with Crippen LogP contribution in [0, 0.1) is 0 Å². The fraction of sp³-hybridized carbons (Fsp3) is 0.261. The van der Waals surface area contributed by atoms with E-state index in [-0.39, 0.29) is 11.1 Å². The molecule has 1 aliphatic rings. The highest BCUT2D eigenvalue weighted by Crippen LogP contribution is 2.23. The molecule has 0 aromatic heterocycles. The van der Waals surface area contributed by atoms with Crippen molar-refractivity contribution >= 4 is 35.1 Å². The molecule has 1 aliphatic heterocycles. The van der Waals surface area contributed by atoms with Gasteiger partial charge in [0.25, 0.3) is 5.24 Å². The first-order valence-corrected chi connectivity index (χ1v) is 10.4. The van der Waals surface area contributed by atoms with Crippen LogP contribution < -0.4 is 10.6 Å². The van der Waals surface area contributed by atoms with Crippen LogP contribution in [0.3, 0.4) is 0 Å². The first kappa shape index (κ1) is 21.6. The van der Waals surface area contributed by atoms with Gasteiger partial charge in [-0.25, -0.2) is 4.79 Å². The second-order valence-electron chi connectivity index (χ2n) is 7.85. The minimum Gasteiger partial charge on any atom is -0.444 e. The van der Waals surface area contributed by atoms with E-state index >= 15 is 0 Å². The molecule has 1 saturated heterocycles. The van der Waals surface area contributed by atoms with E-state index < -0.39 is 16.9 Å². The number of thioether (sulfide) groups is 1. The summed E-state index contributed by atoms with van der Waals surface area (Å²) < 4.78 is 5.26. The molecule has 7 heteroatoms. The van der Waals surface area contributed by atoms with Gasteiger partial charge in [-0.2, -0.15) is 0 Å². The number of benzene rings is 2. The zero-order chi connectivity index (χ0) is 21.7. The Hall–Kier alpha value is -3.06. The van der Waals surface area contributed by atoms with E-state index in [1.165, 1.54) is 0 Å². The molecule has 2 aromatic carbocycles. The lowest BCUT2D eigenvalue weighted by molar-refractivity contribution is -0.118. The molecule has 3 amide bonds. The number of amides is 3. The summed E-state index contributed by atoms with van der Waals surface area (Å²) in [4.78, 5) is 34.7. The Morgan fingerprint density at radius 1 is 1.13 bits per heavy atom. The molecule has 0 radical (unpaired) electrons. The molecule has 1 unspecified atom stereocenters. The molecule has 0 saturated carbocycles. The zero-order valence-electron chi connectivity index (χ0n) is 17.1. The molecular formula is C23H24N2O4S. The lowest BCUT2D eigenvalue weighted by Crippen LogP contribution is -2.32. The smallest absolute Gasteiger partial charge is 0.407 e. The molecule has 0 aliphatic carbocycles. The van der Waals surface area contributed by atoms with Gasteiger partial charge in [0.2, 0.25) is 5.91 Å². The van der Waals surface area contributed by atoms with Gasteiger partial charge in [0.05, 0.1) is 0 Å². The van der Waals surface area contributed by atoms with Crippen LogP contribution in [0.4, 0.5) is 9.59 Å². The average Bonchev–Trinajstić information content (AvgIpc) is 3.01. The Morgan fingerprint density at radius 2 is 1.87 bits per heavy atom. The predicted molar refractivity (Wildman–Crippen MR) is 119 cm³/mol. The maximum absolute atomic E-state index is 11.8. The van der Waals surface area contributed by atoms with Crippen molar-refractivity contribution in [2.45, 2.75) is 38.2 Å². The number of ether oxygens (including phenoxy) is 1. The minimum absolute atomic E-state index is 0.283. The number of nitrogens with one attached hydrogen (secondary N) is 2. The van der Waals surface area contributed by atoms with Crippen molar-refractivity contribution in [1.82, 2.24) is 10.6 Å². The van der Waals surface area contributed by atoms with E-state index in [9.17, 15) is 14.4 Å². The first-order valence-electron chi connectivity index (χ1n) is 9.55. The van der Waals surface area contributed by atoms with E-state index in [1.807, 2.05) is 75.4 Å². The highest BCUT2D eigenvalue weighted by atomic mass is 32.2. The van der Waals surface area contributed by atoms with Gasteiger partial charge >= 0.3 is 6.09 Å². The molecule has 2 aromatic rings. The number of imide groups is 1. The monoisotopic (exact) mass is 424 g/mol. The van der Waals surface area contributed by atoms with Gasteiger partial charge in [-0.15, -0.1) is 0 Å². The lowest BCUT2D eigenvalue weighted by Gasteiger charge is -2.19. The largest absolute Gasteiger partial charge is 0.444 e. The fourth-order valence-electron chi connectivity index (χ4n) is 2.83. The van der Waals surface area contributed by atoms with Crippen LogP contribution in [0.1, 0.15) is 31.9 Å². The van der Waals surface area contributed by atoms with E-state index in [0.29, 0.717) is 6.54 Å². The summed E-state index contributed by atoms with van der Waals surface area (Å²) in [5.41, 5.74) is 3.45. The second-order valence-corrected chi connectivity index (χ2v) is 8.97. The Balaban J connectivity index is 1.62. The summed E-state index contributed by atoms with van der Waals surface area (Å²) in [6.45, 7) is 5.86. The van der Waals surface area contributed by atoms with Crippen LogP contribution in [0.25, 0.3) is 17.2 Å². The number of alkyl carbamates (subject to hydrolysis) is 1. The van der Waals surface area contributed by atoms with E-state index in [0.717, 1.165) is 34.0 Å². The molecule has 3 rings (SSSR count). The molecule has 2 N–H and O–H groups in total. The second kappa shape index (κ2) is 9.17. The zero-order valence-corrected chi connectivity index (χ0v) is 17.9. The van der Waals surface area contributed by atoms with Gasteiger partial charge in [-0.3, -0.25) is 14.9 Å². The number of carbonyl (C=O) groups excluding carboxylic acids is 3. The summed E-state index contributed by atoms with van der Waals surface area (Å²) >= 11 is 0.979. The normalized spacial score (nSPS) is 16.6. The van der Waals surface area contributed by atoms with Crippen molar-refractivity contribution in [1.29, 1.82) is 0 Å². The first-order chi connectivity index (χ1) is 14.2. The van der Waals surface area contributed by atoms with E-state index in [2.05, 4.69) is 10.6 Å². The summed E-state index contributed by atoms with van der Waals surface area (Å²) in [6, 6.07) is 15.8. The Kier molecular flexibility index (Phi) is 6.62. The highest BCUT2D eigenvalue weighted by Gasteiger charge is 2.29. The quantitative estimate of drug-likeness (QED) is 0.724. The fourth-order valence-corrected chi connectivity index (χ4v) is 3.54. The van der Waals surface area contributed by atoms with E-state index in [4.69, 9.17) is 4.74 Å².